The molecule has 180 valence electrons. The van der Waals surface area contributed by atoms with Gasteiger partial charge in [-0.15, -0.1) is 0 Å². The third kappa shape index (κ3) is 9.32. The van der Waals surface area contributed by atoms with E-state index in [1.165, 1.54) is 5.56 Å². The van der Waals surface area contributed by atoms with Crippen LogP contribution in [-0.4, -0.2) is 82.1 Å². The topological polar surface area (TPSA) is 96.5 Å². The number of guanidine groups is 1. The molecule has 1 aromatic carbocycles. The molecule has 0 aliphatic carbocycles. The van der Waals surface area contributed by atoms with Gasteiger partial charge in [0.1, 0.15) is 11.4 Å². The Balaban J connectivity index is 1.98. The van der Waals surface area contributed by atoms with Gasteiger partial charge in [0.2, 0.25) is 0 Å². The molecule has 0 spiro atoms. The number of rotatable bonds is 9. The van der Waals surface area contributed by atoms with Gasteiger partial charge < -0.3 is 30.2 Å². The Morgan fingerprint density at radius 1 is 1.12 bits per heavy atom. The van der Waals surface area contributed by atoms with Crippen LogP contribution in [0.4, 0.5) is 4.79 Å². The van der Waals surface area contributed by atoms with Crippen LogP contribution in [0.3, 0.4) is 0 Å². The number of morpholine rings is 1. The van der Waals surface area contributed by atoms with Crippen molar-refractivity contribution in [2.24, 2.45) is 4.99 Å². The Bertz CT molecular complexity index is 712. The van der Waals surface area contributed by atoms with Crippen LogP contribution >= 0.6 is 0 Å². The average molecular weight is 450 g/mol. The molecule has 1 aromatic rings. The van der Waals surface area contributed by atoms with E-state index < -0.39 is 11.7 Å². The van der Waals surface area contributed by atoms with Crippen molar-refractivity contribution < 1.29 is 19.0 Å². The number of methoxy groups -OCH3 is 1. The molecule has 1 aliphatic rings. The molecule has 0 aromatic heterocycles. The summed E-state index contributed by atoms with van der Waals surface area (Å²) in [6.07, 6.45) is -0.423. The summed E-state index contributed by atoms with van der Waals surface area (Å²) < 4.78 is 16.1. The predicted octanol–water partition coefficient (Wildman–Crippen LogP) is 2.15. The number of nitrogens with one attached hydrogen (secondary N) is 3. The Morgan fingerprint density at radius 2 is 1.78 bits per heavy atom. The first-order valence-electron chi connectivity index (χ1n) is 11.3. The molecular weight excluding hydrogens is 410 g/mol. The Morgan fingerprint density at radius 3 is 2.38 bits per heavy atom. The van der Waals surface area contributed by atoms with Crippen molar-refractivity contribution in [2.45, 2.75) is 39.3 Å². The van der Waals surface area contributed by atoms with Gasteiger partial charge in [-0.3, -0.25) is 9.89 Å². The number of benzene rings is 1. The van der Waals surface area contributed by atoms with Crippen LogP contribution < -0.4 is 20.7 Å². The lowest BCUT2D eigenvalue weighted by molar-refractivity contribution is 0.0179. The first-order chi connectivity index (χ1) is 15.3. The van der Waals surface area contributed by atoms with Crippen LogP contribution in [0, 0.1) is 0 Å². The van der Waals surface area contributed by atoms with Crippen molar-refractivity contribution in [1.29, 1.82) is 0 Å². The van der Waals surface area contributed by atoms with Gasteiger partial charge in [0.05, 0.1) is 32.9 Å². The van der Waals surface area contributed by atoms with Crippen molar-refractivity contribution in [3.63, 3.8) is 0 Å². The number of ether oxygens (including phenoxy) is 3. The summed E-state index contributed by atoms with van der Waals surface area (Å²) in [7, 11) is 1.67. The average Bonchev–Trinajstić information content (AvgIpc) is 2.76. The molecular formula is C23H39N5O4. The summed E-state index contributed by atoms with van der Waals surface area (Å²) in [5.41, 5.74) is 0.683. The molecule has 1 heterocycles. The fourth-order valence-electron chi connectivity index (χ4n) is 3.33. The van der Waals surface area contributed by atoms with E-state index in [-0.39, 0.29) is 6.04 Å². The molecule has 9 nitrogen and oxygen atoms in total. The minimum absolute atomic E-state index is 0.139. The normalized spacial score (nSPS) is 16.2. The molecule has 32 heavy (non-hydrogen) atoms. The van der Waals surface area contributed by atoms with Crippen LogP contribution in [0.5, 0.6) is 5.75 Å². The van der Waals surface area contributed by atoms with E-state index >= 15 is 0 Å². The second kappa shape index (κ2) is 13.1. The number of nitrogens with zero attached hydrogens (tertiary/aromatic N) is 2. The second-order valence-corrected chi connectivity index (χ2v) is 8.51. The molecule has 0 bridgehead atoms. The zero-order chi connectivity index (χ0) is 23.4. The van der Waals surface area contributed by atoms with Crippen LogP contribution in [0.25, 0.3) is 0 Å². The number of hydrogen-bond acceptors (Lipinski definition) is 6. The molecule has 1 unspecified atom stereocenters. The van der Waals surface area contributed by atoms with Gasteiger partial charge in [0.25, 0.3) is 0 Å². The highest BCUT2D eigenvalue weighted by molar-refractivity contribution is 5.79. The number of aliphatic imine (C=N–C) groups is 1. The molecule has 1 saturated heterocycles. The Labute approximate surface area is 191 Å². The highest BCUT2D eigenvalue weighted by Gasteiger charge is 2.23. The highest BCUT2D eigenvalue weighted by Crippen LogP contribution is 2.24. The van der Waals surface area contributed by atoms with Crippen molar-refractivity contribution in [3.05, 3.63) is 29.8 Å². The minimum atomic E-state index is -0.510. The Hall–Kier alpha value is -2.52. The van der Waals surface area contributed by atoms with Gasteiger partial charge >= 0.3 is 6.09 Å². The van der Waals surface area contributed by atoms with Crippen molar-refractivity contribution >= 4 is 12.1 Å². The van der Waals surface area contributed by atoms with Gasteiger partial charge in [-0.2, -0.15) is 0 Å². The maximum Gasteiger partial charge on any atom is 0.407 e. The summed E-state index contributed by atoms with van der Waals surface area (Å²) in [6.45, 7) is 13.1. The van der Waals surface area contributed by atoms with Gasteiger partial charge in [-0.25, -0.2) is 4.79 Å². The first-order valence-corrected chi connectivity index (χ1v) is 11.3. The molecule has 0 radical (unpaired) electrons. The summed E-state index contributed by atoms with van der Waals surface area (Å²) in [4.78, 5) is 19.0. The SMILES string of the molecule is CCNC(=NCC(c1ccc(OC)cc1)N1CCOCC1)NCCNC(=O)OC(C)(C)C. The molecule has 1 atom stereocenters. The molecule has 1 aliphatic heterocycles. The zero-order valence-corrected chi connectivity index (χ0v) is 20.1. The van der Waals surface area contributed by atoms with Gasteiger partial charge in [0.15, 0.2) is 5.96 Å². The van der Waals surface area contributed by atoms with E-state index in [1.807, 2.05) is 39.8 Å². The van der Waals surface area contributed by atoms with E-state index in [4.69, 9.17) is 19.2 Å². The third-order valence-corrected chi connectivity index (χ3v) is 4.84. The maximum absolute atomic E-state index is 11.8. The maximum atomic E-state index is 11.8. The molecule has 1 amide bonds. The summed E-state index contributed by atoms with van der Waals surface area (Å²) in [6, 6.07) is 8.30. The predicted molar refractivity (Wildman–Crippen MR) is 126 cm³/mol. The van der Waals surface area contributed by atoms with E-state index in [1.54, 1.807) is 7.11 Å². The van der Waals surface area contributed by atoms with Crippen molar-refractivity contribution in [1.82, 2.24) is 20.9 Å². The number of hydrogen-bond donors (Lipinski definition) is 3. The number of carbonyl (C=O) groups excluding carboxylic acids is 1. The van der Waals surface area contributed by atoms with E-state index in [0.717, 1.165) is 38.6 Å². The molecule has 9 heteroatoms. The number of carbonyl (C=O) groups is 1. The van der Waals surface area contributed by atoms with E-state index in [2.05, 4.69) is 33.0 Å². The molecule has 3 N–H and O–H groups in total. The quantitative estimate of drug-likeness (QED) is 0.302. The van der Waals surface area contributed by atoms with Crippen molar-refractivity contribution in [3.8, 4) is 5.75 Å². The Kier molecular flexibility index (Phi) is 10.6. The third-order valence-electron chi connectivity index (χ3n) is 4.84. The molecule has 0 saturated carbocycles. The highest BCUT2D eigenvalue weighted by atomic mass is 16.6. The van der Waals surface area contributed by atoms with E-state index in [0.29, 0.717) is 25.6 Å². The fraction of sp³-hybridized carbons (Fsp3) is 0.652. The lowest BCUT2D eigenvalue weighted by Gasteiger charge is -2.34. The number of alkyl carbamates (subject to hydrolysis) is 1. The minimum Gasteiger partial charge on any atom is -0.497 e. The largest absolute Gasteiger partial charge is 0.497 e. The lowest BCUT2D eigenvalue weighted by atomic mass is 10.0. The van der Waals surface area contributed by atoms with Crippen LogP contribution in [0.15, 0.2) is 29.3 Å². The van der Waals surface area contributed by atoms with Crippen LogP contribution in [0.2, 0.25) is 0 Å². The monoisotopic (exact) mass is 449 g/mol. The zero-order valence-electron chi connectivity index (χ0n) is 20.1. The van der Waals surface area contributed by atoms with Crippen LogP contribution in [0.1, 0.15) is 39.3 Å². The summed E-state index contributed by atoms with van der Waals surface area (Å²) in [5.74, 6) is 1.55. The van der Waals surface area contributed by atoms with Gasteiger partial charge in [-0.1, -0.05) is 12.1 Å². The van der Waals surface area contributed by atoms with Crippen molar-refractivity contribution in [2.75, 3.05) is 59.6 Å². The number of amides is 1. The van der Waals surface area contributed by atoms with Crippen LogP contribution in [-0.2, 0) is 9.47 Å². The summed E-state index contributed by atoms with van der Waals surface area (Å²) in [5, 5.41) is 9.29. The standard InChI is InChI=1S/C23H39N5O4/c1-6-24-21(25-11-12-26-22(29)32-23(2,3)4)27-17-20(28-13-15-31-16-14-28)18-7-9-19(30-5)10-8-18/h7-10,20H,6,11-17H2,1-5H3,(H,26,29)(H2,24,25,27). The fourth-order valence-corrected chi connectivity index (χ4v) is 3.33. The second-order valence-electron chi connectivity index (χ2n) is 8.51. The molecule has 1 fully saturated rings. The van der Waals surface area contributed by atoms with Gasteiger partial charge in [-0.05, 0) is 45.4 Å². The van der Waals surface area contributed by atoms with E-state index in [9.17, 15) is 4.79 Å². The molecule has 2 rings (SSSR count). The summed E-state index contributed by atoms with van der Waals surface area (Å²) >= 11 is 0. The van der Waals surface area contributed by atoms with Gasteiger partial charge in [0, 0.05) is 32.7 Å². The smallest absolute Gasteiger partial charge is 0.407 e. The lowest BCUT2D eigenvalue weighted by Crippen LogP contribution is -2.43. The first kappa shape index (κ1) is 25.7.